The third kappa shape index (κ3) is 1.92. The van der Waals surface area contributed by atoms with Crippen LogP contribution in [-0.4, -0.2) is 20.2 Å². The first-order chi connectivity index (χ1) is 8.97. The van der Waals surface area contributed by atoms with Gasteiger partial charge in [0.2, 0.25) is 0 Å². The highest BCUT2D eigenvalue weighted by molar-refractivity contribution is 5.86. The van der Waals surface area contributed by atoms with Gasteiger partial charge in [-0.3, -0.25) is 4.79 Å². The first-order valence-corrected chi connectivity index (χ1v) is 6.71. The van der Waals surface area contributed by atoms with Crippen LogP contribution in [0.2, 0.25) is 0 Å². The van der Waals surface area contributed by atoms with Crippen LogP contribution < -0.4 is 4.74 Å². The number of hydrogen-bond donors (Lipinski definition) is 0. The Morgan fingerprint density at radius 1 is 1.16 bits per heavy atom. The lowest BCUT2D eigenvalue weighted by atomic mass is 9.62. The average Bonchev–Trinajstić information content (AvgIpc) is 2.34. The molecule has 1 aliphatic rings. The summed E-state index contributed by atoms with van der Waals surface area (Å²) >= 11 is 0. The lowest BCUT2D eigenvalue weighted by Gasteiger charge is -2.41. The molecule has 0 N–H and O–H groups in total. The van der Waals surface area contributed by atoms with Crippen LogP contribution in [0.5, 0.6) is 5.75 Å². The van der Waals surface area contributed by atoms with E-state index in [1.165, 1.54) is 12.7 Å². The lowest BCUT2D eigenvalue weighted by molar-refractivity contribution is -0.151. The second-order valence-corrected chi connectivity index (χ2v) is 5.47. The van der Waals surface area contributed by atoms with Gasteiger partial charge in [-0.1, -0.05) is 12.5 Å². The quantitative estimate of drug-likeness (QED) is 0.785. The fourth-order valence-corrected chi connectivity index (χ4v) is 3.18. The monoisotopic (exact) mass is 262 g/mol. The molecule has 3 nitrogen and oxygen atoms in total. The minimum absolute atomic E-state index is 0.136. The summed E-state index contributed by atoms with van der Waals surface area (Å²) < 4.78 is 10.6. The standard InChI is InChI=1S/C16H22O3/c1-10-9-11(2)13(14(18-4)12(10)3)16(7-6-8-16)15(17)19-5/h9H,6-8H2,1-5H3. The van der Waals surface area contributed by atoms with E-state index in [4.69, 9.17) is 9.47 Å². The molecule has 0 aromatic heterocycles. The first-order valence-electron chi connectivity index (χ1n) is 6.71. The summed E-state index contributed by atoms with van der Waals surface area (Å²) in [6.07, 6.45) is 2.75. The molecule has 1 aliphatic carbocycles. The molecule has 19 heavy (non-hydrogen) atoms. The maximum atomic E-state index is 12.3. The summed E-state index contributed by atoms with van der Waals surface area (Å²) in [6.45, 7) is 6.16. The summed E-state index contributed by atoms with van der Waals surface area (Å²) in [5.41, 5.74) is 3.94. The van der Waals surface area contributed by atoms with E-state index in [1.54, 1.807) is 7.11 Å². The molecule has 0 aliphatic heterocycles. The Morgan fingerprint density at radius 2 is 1.79 bits per heavy atom. The average molecular weight is 262 g/mol. The van der Waals surface area contributed by atoms with E-state index in [0.29, 0.717) is 0 Å². The highest BCUT2D eigenvalue weighted by Gasteiger charge is 2.49. The van der Waals surface area contributed by atoms with Crippen LogP contribution in [0, 0.1) is 20.8 Å². The van der Waals surface area contributed by atoms with Crippen LogP contribution in [0.25, 0.3) is 0 Å². The number of benzene rings is 1. The van der Waals surface area contributed by atoms with Gasteiger partial charge in [0.25, 0.3) is 0 Å². The summed E-state index contributed by atoms with van der Waals surface area (Å²) in [5.74, 6) is 0.714. The minimum Gasteiger partial charge on any atom is -0.496 e. The van der Waals surface area contributed by atoms with E-state index >= 15 is 0 Å². The summed E-state index contributed by atoms with van der Waals surface area (Å²) in [7, 11) is 3.14. The zero-order chi connectivity index (χ0) is 14.2. The molecule has 1 fully saturated rings. The lowest BCUT2D eigenvalue weighted by Crippen LogP contribution is -2.44. The Labute approximate surface area is 114 Å². The van der Waals surface area contributed by atoms with Crippen LogP contribution in [0.15, 0.2) is 6.07 Å². The van der Waals surface area contributed by atoms with Crippen LogP contribution in [0.3, 0.4) is 0 Å². The van der Waals surface area contributed by atoms with E-state index in [0.717, 1.165) is 41.7 Å². The topological polar surface area (TPSA) is 35.5 Å². The van der Waals surface area contributed by atoms with E-state index in [9.17, 15) is 4.79 Å². The third-order valence-corrected chi connectivity index (χ3v) is 4.45. The zero-order valence-electron chi connectivity index (χ0n) is 12.4. The zero-order valence-corrected chi connectivity index (χ0v) is 12.4. The van der Waals surface area contributed by atoms with Gasteiger partial charge in [0.1, 0.15) is 5.75 Å². The fourth-order valence-electron chi connectivity index (χ4n) is 3.18. The summed E-state index contributed by atoms with van der Waals surface area (Å²) in [5, 5.41) is 0. The van der Waals surface area contributed by atoms with Gasteiger partial charge >= 0.3 is 5.97 Å². The molecule has 0 atom stereocenters. The Morgan fingerprint density at radius 3 is 2.21 bits per heavy atom. The van der Waals surface area contributed by atoms with Gasteiger partial charge in [-0.2, -0.15) is 0 Å². The molecule has 0 heterocycles. The number of methoxy groups -OCH3 is 2. The maximum absolute atomic E-state index is 12.3. The SMILES string of the molecule is COC(=O)C1(c2c(C)cc(C)c(C)c2OC)CCC1. The molecule has 104 valence electrons. The Balaban J connectivity index is 2.67. The minimum atomic E-state index is -0.497. The molecule has 1 saturated carbocycles. The molecule has 0 amide bonds. The Kier molecular flexibility index (Phi) is 3.57. The number of aryl methyl sites for hydroxylation is 2. The number of carbonyl (C=O) groups excluding carboxylic acids is 1. The molecule has 0 bridgehead atoms. The van der Waals surface area contributed by atoms with Crippen LogP contribution in [0.1, 0.15) is 41.5 Å². The van der Waals surface area contributed by atoms with E-state index in [1.807, 2.05) is 13.8 Å². The van der Waals surface area contributed by atoms with Gasteiger partial charge in [0.05, 0.1) is 19.6 Å². The van der Waals surface area contributed by atoms with E-state index < -0.39 is 5.41 Å². The van der Waals surface area contributed by atoms with Crippen LogP contribution in [-0.2, 0) is 14.9 Å². The molecule has 0 spiro atoms. The Hall–Kier alpha value is -1.51. The van der Waals surface area contributed by atoms with Gasteiger partial charge in [-0.25, -0.2) is 0 Å². The summed E-state index contributed by atoms with van der Waals surface area (Å²) in [6, 6.07) is 2.14. The predicted molar refractivity (Wildman–Crippen MR) is 74.8 cm³/mol. The Bertz CT molecular complexity index is 513. The van der Waals surface area contributed by atoms with Crippen molar-refractivity contribution in [2.75, 3.05) is 14.2 Å². The van der Waals surface area contributed by atoms with Gasteiger partial charge in [-0.05, 0) is 50.3 Å². The number of esters is 1. The van der Waals surface area contributed by atoms with Crippen LogP contribution >= 0.6 is 0 Å². The molecule has 2 rings (SSSR count). The van der Waals surface area contributed by atoms with Crippen molar-refractivity contribution in [1.82, 2.24) is 0 Å². The normalized spacial score (nSPS) is 16.7. The highest BCUT2D eigenvalue weighted by atomic mass is 16.5. The third-order valence-electron chi connectivity index (χ3n) is 4.45. The van der Waals surface area contributed by atoms with Crippen LogP contribution in [0.4, 0.5) is 0 Å². The van der Waals surface area contributed by atoms with Crippen molar-refractivity contribution < 1.29 is 14.3 Å². The maximum Gasteiger partial charge on any atom is 0.316 e. The second kappa shape index (κ2) is 4.87. The van der Waals surface area contributed by atoms with Crippen molar-refractivity contribution in [3.8, 4) is 5.75 Å². The number of rotatable bonds is 3. The highest BCUT2D eigenvalue weighted by Crippen LogP contribution is 2.50. The molecular weight excluding hydrogens is 240 g/mol. The first kappa shape index (κ1) is 13.9. The van der Waals surface area contributed by atoms with Gasteiger partial charge in [0.15, 0.2) is 0 Å². The number of ether oxygens (including phenoxy) is 2. The van der Waals surface area contributed by atoms with Crippen molar-refractivity contribution in [2.45, 2.75) is 45.4 Å². The smallest absolute Gasteiger partial charge is 0.316 e. The molecule has 0 saturated heterocycles. The largest absolute Gasteiger partial charge is 0.496 e. The molecule has 1 aromatic carbocycles. The molecule has 0 unspecified atom stereocenters. The van der Waals surface area contributed by atoms with Gasteiger partial charge in [-0.15, -0.1) is 0 Å². The number of hydrogen-bond acceptors (Lipinski definition) is 3. The number of carbonyl (C=O) groups is 1. The van der Waals surface area contributed by atoms with Gasteiger partial charge < -0.3 is 9.47 Å². The predicted octanol–water partition coefficient (Wildman–Crippen LogP) is 3.22. The molecule has 1 aromatic rings. The van der Waals surface area contributed by atoms with Crippen molar-refractivity contribution in [3.63, 3.8) is 0 Å². The van der Waals surface area contributed by atoms with Crippen molar-refractivity contribution in [3.05, 3.63) is 28.3 Å². The van der Waals surface area contributed by atoms with Crippen molar-refractivity contribution >= 4 is 5.97 Å². The fraction of sp³-hybridized carbons (Fsp3) is 0.562. The van der Waals surface area contributed by atoms with Crippen molar-refractivity contribution in [2.24, 2.45) is 0 Å². The molecule has 0 radical (unpaired) electrons. The summed E-state index contributed by atoms with van der Waals surface area (Å²) in [4.78, 5) is 12.3. The van der Waals surface area contributed by atoms with Crippen molar-refractivity contribution in [1.29, 1.82) is 0 Å². The van der Waals surface area contributed by atoms with Gasteiger partial charge in [0, 0.05) is 5.56 Å². The molecular formula is C16H22O3. The van der Waals surface area contributed by atoms with E-state index in [-0.39, 0.29) is 5.97 Å². The molecule has 3 heteroatoms. The second-order valence-electron chi connectivity index (χ2n) is 5.47. The van der Waals surface area contributed by atoms with E-state index in [2.05, 4.69) is 13.0 Å².